The number of piperazine rings is 1. The van der Waals surface area contributed by atoms with Crippen molar-refractivity contribution in [3.8, 4) is 17.2 Å². The van der Waals surface area contributed by atoms with E-state index in [0.29, 0.717) is 0 Å². The van der Waals surface area contributed by atoms with Crippen molar-refractivity contribution in [3.63, 3.8) is 0 Å². The number of hydroxylamine groups is 2. The van der Waals surface area contributed by atoms with E-state index in [1.54, 1.807) is 0 Å². The number of aliphatic hydroxyl groups is 2. The summed E-state index contributed by atoms with van der Waals surface area (Å²) in [7, 11) is 2.76. The van der Waals surface area contributed by atoms with Crippen LogP contribution in [0, 0.1) is 0 Å². The highest BCUT2D eigenvalue weighted by molar-refractivity contribution is 6.08. The fourth-order valence-electron chi connectivity index (χ4n) is 4.51. The molecule has 0 saturated carbocycles. The van der Waals surface area contributed by atoms with Gasteiger partial charge in [-0.25, -0.2) is 0 Å². The maximum atomic E-state index is 13.2. The highest BCUT2D eigenvalue weighted by Crippen LogP contribution is 2.52. The average Bonchev–Trinajstić information content (AvgIpc) is 3.04. The van der Waals surface area contributed by atoms with Crippen molar-refractivity contribution in [2.45, 2.75) is 36.1 Å². The Balaban J connectivity index is 1.54. The number of carbonyl (C=O) groups excluding carboxylic acids is 2. The lowest BCUT2D eigenvalue weighted by atomic mass is 9.78. The molecule has 4 N–H and O–H groups in total. The van der Waals surface area contributed by atoms with Crippen LogP contribution in [0.2, 0.25) is 0 Å². The Hall–Kier alpha value is -3.12. The van der Waals surface area contributed by atoms with Gasteiger partial charge in [0.15, 0.2) is 11.5 Å². The molecule has 1 aromatic rings. The Morgan fingerprint density at radius 1 is 1.26 bits per heavy atom. The quantitative estimate of drug-likeness (QED) is 0.355. The molecule has 2 amide bonds. The van der Waals surface area contributed by atoms with E-state index in [1.807, 2.05) is 0 Å². The van der Waals surface area contributed by atoms with Crippen LogP contribution in [-0.4, -0.2) is 76.1 Å². The molecule has 2 bridgehead atoms. The van der Waals surface area contributed by atoms with Crippen molar-refractivity contribution in [2.75, 3.05) is 14.2 Å². The zero-order chi connectivity index (χ0) is 22.1. The van der Waals surface area contributed by atoms with Crippen LogP contribution in [0.5, 0.6) is 17.2 Å². The molecular formula is C20H20N2O9. The number of aromatic hydroxyl groups is 1. The van der Waals surface area contributed by atoms with E-state index in [-0.39, 0.29) is 34.9 Å². The van der Waals surface area contributed by atoms with Gasteiger partial charge in [0.2, 0.25) is 5.75 Å². The predicted molar refractivity (Wildman–Crippen MR) is 101 cm³/mol. The number of phenols is 1. The monoisotopic (exact) mass is 432 g/mol. The van der Waals surface area contributed by atoms with Gasteiger partial charge < -0.3 is 34.8 Å². The second kappa shape index (κ2) is 6.44. The molecular weight excluding hydrogens is 412 g/mol. The molecule has 5 unspecified atom stereocenters. The summed E-state index contributed by atoms with van der Waals surface area (Å²) in [4.78, 5) is 31.8. The normalized spacial score (nSPS) is 37.0. The Morgan fingerprint density at radius 3 is 2.74 bits per heavy atom. The Kier molecular flexibility index (Phi) is 4.12. The number of rotatable bonds is 3. The number of amides is 2. The molecule has 3 aliphatic heterocycles. The maximum absolute atomic E-state index is 13.2. The van der Waals surface area contributed by atoms with Gasteiger partial charge in [-0.1, -0.05) is 12.2 Å². The average molecular weight is 432 g/mol. The summed E-state index contributed by atoms with van der Waals surface area (Å²) in [5, 5.41) is 35.0. The fraction of sp³-hybridized carbons (Fsp3) is 0.400. The van der Waals surface area contributed by atoms with E-state index in [9.17, 15) is 24.9 Å². The van der Waals surface area contributed by atoms with Gasteiger partial charge in [-0.2, -0.15) is 5.06 Å². The van der Waals surface area contributed by atoms with E-state index >= 15 is 0 Å². The first-order valence-electron chi connectivity index (χ1n) is 9.50. The van der Waals surface area contributed by atoms with Crippen LogP contribution in [0.3, 0.4) is 0 Å². The molecule has 11 heteroatoms. The van der Waals surface area contributed by atoms with E-state index in [1.165, 1.54) is 44.6 Å². The van der Waals surface area contributed by atoms with E-state index < -0.39 is 41.5 Å². The topological polar surface area (TPSA) is 147 Å². The third kappa shape index (κ3) is 2.48. The molecule has 1 aliphatic carbocycles. The molecule has 1 aromatic carbocycles. The SMILES string of the molecule is COc1ccc(/C=C2\NC(=O)C34CC5(O)C(C=CC(O)C5ON3C2=O)O4)c(O)c1OC. The number of hydrogen-bond acceptors (Lipinski definition) is 9. The highest BCUT2D eigenvalue weighted by atomic mass is 16.8. The Labute approximate surface area is 176 Å². The van der Waals surface area contributed by atoms with Crippen LogP contribution in [0.4, 0.5) is 0 Å². The maximum Gasteiger partial charge on any atom is 0.297 e. The van der Waals surface area contributed by atoms with Gasteiger partial charge in [-0.05, 0) is 18.2 Å². The number of nitrogens with one attached hydrogen (secondary N) is 1. The first-order chi connectivity index (χ1) is 14.7. The summed E-state index contributed by atoms with van der Waals surface area (Å²) < 4.78 is 16.0. The number of nitrogens with zero attached hydrogens (tertiary/aromatic N) is 1. The first kappa shape index (κ1) is 19.8. The second-order valence-electron chi connectivity index (χ2n) is 7.74. The number of carbonyl (C=O) groups is 2. The standard InChI is InChI=1S/C20H20N2O9/c1-28-12-5-3-9(14(24)15(12)29-2)7-10-17(25)22-20(18(26)21-10)8-19(27)13(30-20)6-4-11(23)16(19)31-22/h3-7,11,13,16,23-24,27H,8H2,1-2H3,(H,21,26)/b10-7-. The summed E-state index contributed by atoms with van der Waals surface area (Å²) in [5.74, 6) is -1.44. The zero-order valence-corrected chi connectivity index (χ0v) is 16.6. The van der Waals surface area contributed by atoms with E-state index in [2.05, 4.69) is 5.32 Å². The number of aliphatic hydroxyl groups excluding tert-OH is 1. The summed E-state index contributed by atoms with van der Waals surface area (Å²) in [6, 6.07) is 3.01. The van der Waals surface area contributed by atoms with Crippen LogP contribution >= 0.6 is 0 Å². The van der Waals surface area contributed by atoms with E-state index in [4.69, 9.17) is 19.0 Å². The molecule has 0 radical (unpaired) electrons. The van der Waals surface area contributed by atoms with Gasteiger partial charge in [0.25, 0.3) is 17.5 Å². The van der Waals surface area contributed by atoms with Gasteiger partial charge in [0, 0.05) is 12.0 Å². The van der Waals surface area contributed by atoms with Crippen LogP contribution in [0.25, 0.3) is 6.08 Å². The van der Waals surface area contributed by atoms with Gasteiger partial charge in [0.05, 0.1) is 14.2 Å². The van der Waals surface area contributed by atoms with Gasteiger partial charge >= 0.3 is 0 Å². The van der Waals surface area contributed by atoms with Gasteiger partial charge in [-0.15, -0.1) is 0 Å². The lowest BCUT2D eigenvalue weighted by Crippen LogP contribution is -2.72. The van der Waals surface area contributed by atoms with Crippen LogP contribution < -0.4 is 14.8 Å². The molecule has 11 nitrogen and oxygen atoms in total. The number of phenolic OH excluding ortho intramolecular Hbond substituents is 1. The van der Waals surface area contributed by atoms with Crippen molar-refractivity contribution in [2.24, 2.45) is 0 Å². The van der Waals surface area contributed by atoms with Gasteiger partial charge in [0.1, 0.15) is 29.6 Å². The predicted octanol–water partition coefficient (Wildman–Crippen LogP) is -0.831. The molecule has 3 saturated heterocycles. The lowest BCUT2D eigenvalue weighted by Gasteiger charge is -2.49. The second-order valence-corrected chi connectivity index (χ2v) is 7.74. The smallest absolute Gasteiger partial charge is 0.297 e. The summed E-state index contributed by atoms with van der Waals surface area (Å²) in [6.45, 7) is 0. The van der Waals surface area contributed by atoms with Crippen molar-refractivity contribution in [1.29, 1.82) is 0 Å². The molecule has 4 aliphatic rings. The minimum absolute atomic E-state index is 0.0595. The molecule has 31 heavy (non-hydrogen) atoms. The van der Waals surface area contributed by atoms with Crippen LogP contribution in [0.15, 0.2) is 30.0 Å². The molecule has 164 valence electrons. The molecule has 3 heterocycles. The largest absolute Gasteiger partial charge is 0.504 e. The number of hydrogen-bond donors (Lipinski definition) is 4. The number of methoxy groups -OCH3 is 2. The molecule has 5 rings (SSSR count). The summed E-state index contributed by atoms with van der Waals surface area (Å²) in [5.41, 5.74) is -3.56. The Morgan fingerprint density at radius 2 is 2.03 bits per heavy atom. The van der Waals surface area contributed by atoms with Gasteiger partial charge in [-0.3, -0.25) is 14.4 Å². The molecule has 3 fully saturated rings. The summed E-state index contributed by atoms with van der Waals surface area (Å²) >= 11 is 0. The zero-order valence-electron chi connectivity index (χ0n) is 16.6. The van der Waals surface area contributed by atoms with E-state index in [0.717, 1.165) is 5.06 Å². The first-order valence-corrected chi connectivity index (χ1v) is 9.50. The number of benzene rings is 1. The van der Waals surface area contributed by atoms with Crippen molar-refractivity contribution in [1.82, 2.24) is 10.4 Å². The van der Waals surface area contributed by atoms with Crippen molar-refractivity contribution >= 4 is 17.9 Å². The lowest BCUT2D eigenvalue weighted by molar-refractivity contribution is -0.325. The molecule has 0 aromatic heterocycles. The van der Waals surface area contributed by atoms with Crippen molar-refractivity contribution < 1.29 is 44.0 Å². The third-order valence-corrected chi connectivity index (χ3v) is 6.04. The minimum Gasteiger partial charge on any atom is -0.504 e. The third-order valence-electron chi connectivity index (χ3n) is 6.04. The fourth-order valence-corrected chi connectivity index (χ4v) is 4.51. The van der Waals surface area contributed by atoms with Crippen LogP contribution in [0.1, 0.15) is 12.0 Å². The van der Waals surface area contributed by atoms with Crippen molar-refractivity contribution in [3.05, 3.63) is 35.5 Å². The molecule has 5 atom stereocenters. The summed E-state index contributed by atoms with van der Waals surface area (Å²) in [6.07, 6.45) is 0.526. The minimum atomic E-state index is -1.88. The van der Waals surface area contributed by atoms with Crippen LogP contribution in [-0.2, 0) is 19.2 Å². The molecule has 1 spiro atoms. The Bertz CT molecular complexity index is 1050. The highest BCUT2D eigenvalue weighted by Gasteiger charge is 2.73. The number of ether oxygens (including phenoxy) is 3.